The van der Waals surface area contributed by atoms with Crippen molar-refractivity contribution in [3.63, 3.8) is 0 Å². The van der Waals surface area contributed by atoms with Gasteiger partial charge in [-0.15, -0.1) is 0 Å². The molecule has 0 rings (SSSR count). The molecule has 104 valence electrons. The van der Waals surface area contributed by atoms with Crippen molar-refractivity contribution < 1.29 is 14.7 Å². The third-order valence-corrected chi connectivity index (χ3v) is 2.70. The molecule has 0 aliphatic rings. The maximum atomic E-state index is 11.0. The van der Waals surface area contributed by atoms with Gasteiger partial charge in [-0.2, -0.15) is 0 Å². The Morgan fingerprint density at radius 2 is 1.56 bits per heavy atom. The number of ketones is 1. The molecule has 0 aromatic carbocycles. The van der Waals surface area contributed by atoms with Crippen molar-refractivity contribution in [2.24, 2.45) is 4.99 Å². The number of carboxylic acid groups (broad SMARTS) is 1. The molecule has 0 bridgehead atoms. The van der Waals surface area contributed by atoms with E-state index in [1.54, 1.807) is 0 Å². The molecule has 0 saturated heterocycles. The molecule has 0 amide bonds. The fourth-order valence-electron chi connectivity index (χ4n) is 1.70. The molecule has 0 aromatic rings. The molecule has 0 unspecified atom stereocenters. The van der Waals surface area contributed by atoms with Gasteiger partial charge in [0.15, 0.2) is 5.78 Å². The molecule has 0 atom stereocenters. The first-order valence-corrected chi connectivity index (χ1v) is 6.91. The van der Waals surface area contributed by atoms with Crippen LogP contribution in [0, 0.1) is 0 Å². The van der Waals surface area contributed by atoms with Crippen molar-refractivity contribution in [2.75, 3.05) is 6.54 Å². The first-order valence-electron chi connectivity index (χ1n) is 6.91. The predicted octanol–water partition coefficient (Wildman–Crippen LogP) is 3.24. The van der Waals surface area contributed by atoms with Crippen LogP contribution in [-0.2, 0) is 9.59 Å². The van der Waals surface area contributed by atoms with Crippen LogP contribution in [0.15, 0.2) is 4.99 Å². The van der Waals surface area contributed by atoms with Gasteiger partial charge in [0.1, 0.15) is 6.42 Å². The molecule has 0 spiro atoms. The number of carbonyl (C=O) groups is 2. The standard InChI is InChI=1S/C14H25NO3/c1-2-3-4-5-6-7-8-9-10-15-12-13(16)11-14(17)18/h12H,2-11H2,1H3,(H,17,18). The van der Waals surface area contributed by atoms with Crippen LogP contribution in [0.1, 0.15) is 64.7 Å². The van der Waals surface area contributed by atoms with Crippen LogP contribution in [0.4, 0.5) is 0 Å². The van der Waals surface area contributed by atoms with Gasteiger partial charge in [-0.3, -0.25) is 14.6 Å². The molecular weight excluding hydrogens is 230 g/mol. The Morgan fingerprint density at radius 1 is 1.00 bits per heavy atom. The summed E-state index contributed by atoms with van der Waals surface area (Å²) in [5.74, 6) is -1.53. The lowest BCUT2D eigenvalue weighted by atomic mass is 10.1. The van der Waals surface area contributed by atoms with Crippen molar-refractivity contribution in [1.29, 1.82) is 0 Å². The smallest absolute Gasteiger partial charge is 0.311 e. The van der Waals surface area contributed by atoms with Crippen LogP contribution < -0.4 is 0 Å². The summed E-state index contributed by atoms with van der Waals surface area (Å²) in [6.07, 6.45) is 10.6. The van der Waals surface area contributed by atoms with Crippen LogP contribution in [-0.4, -0.2) is 29.6 Å². The summed E-state index contributed by atoms with van der Waals surface area (Å²) in [5.41, 5.74) is 0. The number of hydrogen-bond donors (Lipinski definition) is 1. The van der Waals surface area contributed by atoms with Crippen LogP contribution in [0.25, 0.3) is 0 Å². The van der Waals surface area contributed by atoms with Gasteiger partial charge in [0, 0.05) is 6.54 Å². The molecule has 4 nitrogen and oxygen atoms in total. The Morgan fingerprint density at radius 3 is 2.11 bits per heavy atom. The van der Waals surface area contributed by atoms with E-state index in [9.17, 15) is 9.59 Å². The van der Waals surface area contributed by atoms with E-state index in [-0.39, 0.29) is 0 Å². The van der Waals surface area contributed by atoms with E-state index in [0.717, 1.165) is 19.1 Å². The van der Waals surface area contributed by atoms with E-state index in [2.05, 4.69) is 11.9 Å². The SMILES string of the molecule is CCCCCCCCCCN=CC(=O)CC(=O)O. The van der Waals surface area contributed by atoms with Crippen molar-refractivity contribution in [3.05, 3.63) is 0 Å². The second kappa shape index (κ2) is 12.3. The fourth-order valence-corrected chi connectivity index (χ4v) is 1.70. The Labute approximate surface area is 109 Å². The Kier molecular flexibility index (Phi) is 11.5. The van der Waals surface area contributed by atoms with E-state index >= 15 is 0 Å². The second-order valence-corrected chi connectivity index (χ2v) is 4.55. The van der Waals surface area contributed by atoms with Gasteiger partial charge in [0.05, 0.1) is 6.21 Å². The maximum absolute atomic E-state index is 11.0. The molecular formula is C14H25NO3. The highest BCUT2D eigenvalue weighted by atomic mass is 16.4. The minimum atomic E-state index is -1.10. The van der Waals surface area contributed by atoms with Gasteiger partial charge < -0.3 is 5.11 Å². The number of unbranched alkanes of at least 4 members (excludes halogenated alkanes) is 7. The molecule has 0 saturated carbocycles. The average molecular weight is 255 g/mol. The zero-order valence-corrected chi connectivity index (χ0v) is 11.4. The Balaban J connectivity index is 3.27. The normalized spacial score (nSPS) is 10.9. The molecule has 1 N–H and O–H groups in total. The first-order chi connectivity index (χ1) is 8.66. The van der Waals surface area contributed by atoms with Gasteiger partial charge in [-0.1, -0.05) is 51.9 Å². The van der Waals surface area contributed by atoms with Gasteiger partial charge in [0.25, 0.3) is 0 Å². The van der Waals surface area contributed by atoms with Crippen LogP contribution in [0.3, 0.4) is 0 Å². The molecule has 0 fully saturated rings. The number of carboxylic acids is 1. The zero-order chi connectivity index (χ0) is 13.6. The largest absolute Gasteiger partial charge is 0.481 e. The highest BCUT2D eigenvalue weighted by Crippen LogP contribution is 2.08. The summed E-state index contributed by atoms with van der Waals surface area (Å²) in [4.78, 5) is 25.1. The average Bonchev–Trinajstić information content (AvgIpc) is 2.30. The summed E-state index contributed by atoms with van der Waals surface area (Å²) in [7, 11) is 0. The van der Waals surface area contributed by atoms with Gasteiger partial charge in [-0.25, -0.2) is 0 Å². The Hall–Kier alpha value is -1.19. The third-order valence-electron chi connectivity index (χ3n) is 2.70. The molecule has 0 aliphatic heterocycles. The Bertz CT molecular complexity index is 262. The number of aliphatic imine (C=N–C) groups is 1. The van der Waals surface area contributed by atoms with Crippen molar-refractivity contribution >= 4 is 18.0 Å². The van der Waals surface area contributed by atoms with Gasteiger partial charge >= 0.3 is 5.97 Å². The number of rotatable bonds is 12. The molecule has 18 heavy (non-hydrogen) atoms. The fraction of sp³-hybridized carbons (Fsp3) is 0.786. The molecule has 4 heteroatoms. The predicted molar refractivity (Wildman–Crippen MR) is 73.2 cm³/mol. The van der Waals surface area contributed by atoms with E-state index in [1.165, 1.54) is 38.5 Å². The minimum Gasteiger partial charge on any atom is -0.481 e. The number of Topliss-reactive ketones (excluding diaryl/α,β-unsaturated/α-hetero) is 1. The quantitative estimate of drug-likeness (QED) is 0.331. The maximum Gasteiger partial charge on any atom is 0.311 e. The van der Waals surface area contributed by atoms with Crippen molar-refractivity contribution in [3.8, 4) is 0 Å². The van der Waals surface area contributed by atoms with Crippen LogP contribution >= 0.6 is 0 Å². The summed E-state index contributed by atoms with van der Waals surface area (Å²) < 4.78 is 0. The zero-order valence-electron chi connectivity index (χ0n) is 11.4. The third kappa shape index (κ3) is 12.9. The highest BCUT2D eigenvalue weighted by Gasteiger charge is 2.03. The molecule has 0 radical (unpaired) electrons. The van der Waals surface area contributed by atoms with Gasteiger partial charge in [-0.05, 0) is 6.42 Å². The lowest BCUT2D eigenvalue weighted by Gasteiger charge is -1.99. The van der Waals surface area contributed by atoms with E-state index < -0.39 is 18.2 Å². The lowest BCUT2D eigenvalue weighted by Crippen LogP contribution is -2.07. The number of carbonyl (C=O) groups excluding carboxylic acids is 1. The molecule has 0 heterocycles. The minimum absolute atomic E-state index is 0.429. The van der Waals surface area contributed by atoms with E-state index in [4.69, 9.17) is 5.11 Å². The summed E-state index contributed by atoms with van der Waals surface area (Å²) >= 11 is 0. The number of nitrogens with zero attached hydrogens (tertiary/aromatic N) is 1. The van der Waals surface area contributed by atoms with Crippen LogP contribution in [0.2, 0.25) is 0 Å². The monoisotopic (exact) mass is 255 g/mol. The summed E-state index contributed by atoms with van der Waals surface area (Å²) in [5, 5.41) is 8.36. The van der Waals surface area contributed by atoms with Crippen molar-refractivity contribution in [2.45, 2.75) is 64.7 Å². The summed E-state index contributed by atoms with van der Waals surface area (Å²) in [6.45, 7) is 2.84. The molecule has 0 aliphatic carbocycles. The number of hydrogen-bond acceptors (Lipinski definition) is 3. The van der Waals surface area contributed by atoms with E-state index in [0.29, 0.717) is 6.54 Å². The van der Waals surface area contributed by atoms with Crippen LogP contribution in [0.5, 0.6) is 0 Å². The summed E-state index contributed by atoms with van der Waals surface area (Å²) in [6, 6.07) is 0. The van der Waals surface area contributed by atoms with Crippen molar-refractivity contribution in [1.82, 2.24) is 0 Å². The first kappa shape index (κ1) is 16.8. The van der Waals surface area contributed by atoms with E-state index in [1.807, 2.05) is 0 Å². The highest BCUT2D eigenvalue weighted by molar-refractivity contribution is 6.31. The second-order valence-electron chi connectivity index (χ2n) is 4.55. The lowest BCUT2D eigenvalue weighted by molar-refractivity contribution is -0.138. The molecule has 0 aromatic heterocycles. The van der Waals surface area contributed by atoms with Gasteiger partial charge in [0.2, 0.25) is 0 Å². The topological polar surface area (TPSA) is 66.7 Å². The number of aliphatic carboxylic acids is 1.